The highest BCUT2D eigenvalue weighted by Crippen LogP contribution is 2.15. The van der Waals surface area contributed by atoms with Crippen LogP contribution in [0.4, 0.5) is 11.4 Å². The smallest absolute Gasteiger partial charge is 0.309 e. The highest BCUT2D eigenvalue weighted by Gasteiger charge is 2.16. The summed E-state index contributed by atoms with van der Waals surface area (Å²) in [6.45, 7) is 4.14. The molecule has 0 aliphatic rings. The molecule has 0 aliphatic carbocycles. The summed E-state index contributed by atoms with van der Waals surface area (Å²) in [5, 5.41) is 21.3. The van der Waals surface area contributed by atoms with Gasteiger partial charge in [-0.3, -0.25) is 19.6 Å². The van der Waals surface area contributed by atoms with Crippen LogP contribution in [0.2, 0.25) is 0 Å². The van der Waals surface area contributed by atoms with Crippen molar-refractivity contribution in [2.24, 2.45) is 0 Å². The first-order valence-electron chi connectivity index (χ1n) is 6.58. The van der Waals surface area contributed by atoms with Crippen LogP contribution in [0.5, 0.6) is 0 Å². The lowest BCUT2D eigenvalue weighted by Crippen LogP contribution is -2.18. The number of ether oxygens (including phenoxy) is 1. The Morgan fingerprint density at radius 1 is 1.45 bits per heavy atom. The number of aryl methyl sites for hydroxylation is 1. The Labute approximate surface area is 125 Å². The Hall–Kier alpha value is -2.75. The monoisotopic (exact) mass is 308 g/mol. The van der Waals surface area contributed by atoms with Gasteiger partial charge in [0, 0.05) is 6.61 Å². The molecule has 0 radical (unpaired) electrons. The fraction of sp³-hybridized carbons (Fsp3) is 0.417. The molecule has 0 saturated carbocycles. The molecular formula is C12H16N6O4. The standard InChI is InChI=1S/C12H16N6O4/c1-3-22-8-17-5-10(4-13-17)14-12(19)7-16-6-11(18(20)21)9(2)15-16/h4-6H,3,7-8H2,1-2H3,(H,14,19). The van der Waals surface area contributed by atoms with E-state index in [1.54, 1.807) is 10.9 Å². The molecule has 0 atom stereocenters. The second kappa shape index (κ2) is 6.80. The van der Waals surface area contributed by atoms with Gasteiger partial charge in [0.2, 0.25) is 5.91 Å². The van der Waals surface area contributed by atoms with Crippen LogP contribution in [-0.4, -0.2) is 37.0 Å². The average molecular weight is 308 g/mol. The van der Waals surface area contributed by atoms with Gasteiger partial charge in [-0.2, -0.15) is 10.2 Å². The molecule has 0 saturated heterocycles. The van der Waals surface area contributed by atoms with Crippen molar-refractivity contribution in [1.29, 1.82) is 0 Å². The molecule has 0 fully saturated rings. The first-order valence-corrected chi connectivity index (χ1v) is 6.58. The Kier molecular flexibility index (Phi) is 4.84. The molecule has 2 heterocycles. The molecule has 2 rings (SSSR count). The number of nitro groups is 1. The van der Waals surface area contributed by atoms with E-state index in [0.717, 1.165) is 0 Å². The number of hydrogen-bond acceptors (Lipinski definition) is 6. The van der Waals surface area contributed by atoms with Gasteiger partial charge in [-0.15, -0.1) is 0 Å². The van der Waals surface area contributed by atoms with Gasteiger partial charge in [-0.1, -0.05) is 0 Å². The van der Waals surface area contributed by atoms with E-state index in [9.17, 15) is 14.9 Å². The number of nitrogens with one attached hydrogen (secondary N) is 1. The summed E-state index contributed by atoms with van der Waals surface area (Å²) in [5.74, 6) is -0.353. The first-order chi connectivity index (χ1) is 10.5. The number of carbonyl (C=O) groups is 1. The normalized spacial score (nSPS) is 10.6. The van der Waals surface area contributed by atoms with Crippen LogP contribution in [0, 0.1) is 17.0 Å². The van der Waals surface area contributed by atoms with Crippen LogP contribution in [0.25, 0.3) is 0 Å². The summed E-state index contributed by atoms with van der Waals surface area (Å²) < 4.78 is 7.95. The SMILES string of the molecule is CCOCn1cc(NC(=O)Cn2cc([N+](=O)[O-])c(C)n2)cn1. The van der Waals surface area contributed by atoms with Crippen molar-refractivity contribution in [3.05, 3.63) is 34.4 Å². The second-order valence-corrected chi connectivity index (χ2v) is 4.49. The number of amides is 1. The molecule has 1 N–H and O–H groups in total. The van der Waals surface area contributed by atoms with Gasteiger partial charge in [-0.25, -0.2) is 4.68 Å². The fourth-order valence-electron chi connectivity index (χ4n) is 1.80. The lowest BCUT2D eigenvalue weighted by molar-refractivity contribution is -0.385. The van der Waals surface area contributed by atoms with Crippen molar-refractivity contribution >= 4 is 17.3 Å². The summed E-state index contributed by atoms with van der Waals surface area (Å²) in [5.41, 5.74) is 0.669. The minimum Gasteiger partial charge on any atom is -0.360 e. The number of anilines is 1. The third-order valence-electron chi connectivity index (χ3n) is 2.77. The molecule has 10 heteroatoms. The Bertz CT molecular complexity index is 677. The largest absolute Gasteiger partial charge is 0.360 e. The topological polar surface area (TPSA) is 117 Å². The van der Waals surface area contributed by atoms with Gasteiger partial charge in [0.05, 0.1) is 23.0 Å². The minimum absolute atomic E-state index is 0.114. The van der Waals surface area contributed by atoms with Crippen LogP contribution < -0.4 is 5.32 Å². The van der Waals surface area contributed by atoms with Crippen molar-refractivity contribution in [3.8, 4) is 0 Å². The molecule has 1 amide bonds. The predicted octanol–water partition coefficient (Wildman–Crippen LogP) is 0.929. The van der Waals surface area contributed by atoms with Crippen LogP contribution in [0.3, 0.4) is 0 Å². The molecule has 0 aliphatic heterocycles. The lowest BCUT2D eigenvalue weighted by Gasteiger charge is -2.02. The van der Waals surface area contributed by atoms with Gasteiger partial charge >= 0.3 is 5.69 Å². The van der Waals surface area contributed by atoms with Gasteiger partial charge in [0.25, 0.3) is 0 Å². The van der Waals surface area contributed by atoms with Gasteiger partial charge in [0.15, 0.2) is 0 Å². The van der Waals surface area contributed by atoms with Crippen LogP contribution in [0.1, 0.15) is 12.6 Å². The quantitative estimate of drug-likeness (QED) is 0.600. The molecule has 118 valence electrons. The van der Waals surface area contributed by atoms with E-state index in [0.29, 0.717) is 19.0 Å². The zero-order valence-corrected chi connectivity index (χ0v) is 12.2. The third kappa shape index (κ3) is 3.88. The average Bonchev–Trinajstić information content (AvgIpc) is 3.03. The molecule has 2 aromatic rings. The van der Waals surface area contributed by atoms with Crippen molar-refractivity contribution in [2.75, 3.05) is 11.9 Å². The van der Waals surface area contributed by atoms with Crippen molar-refractivity contribution in [1.82, 2.24) is 19.6 Å². The minimum atomic E-state index is -0.533. The Morgan fingerprint density at radius 3 is 2.86 bits per heavy atom. The fourth-order valence-corrected chi connectivity index (χ4v) is 1.80. The van der Waals surface area contributed by atoms with E-state index in [-0.39, 0.29) is 23.8 Å². The van der Waals surface area contributed by atoms with Crippen molar-refractivity contribution in [2.45, 2.75) is 27.1 Å². The second-order valence-electron chi connectivity index (χ2n) is 4.49. The van der Waals surface area contributed by atoms with Crippen LogP contribution in [0.15, 0.2) is 18.6 Å². The molecule has 2 aromatic heterocycles. The number of hydrogen-bond donors (Lipinski definition) is 1. The van der Waals surface area contributed by atoms with Crippen molar-refractivity contribution in [3.63, 3.8) is 0 Å². The summed E-state index contributed by atoms with van der Waals surface area (Å²) >= 11 is 0. The number of nitrogens with zero attached hydrogens (tertiary/aromatic N) is 5. The maximum absolute atomic E-state index is 11.9. The molecule has 0 bridgehead atoms. The molecule has 22 heavy (non-hydrogen) atoms. The van der Waals surface area contributed by atoms with Gasteiger partial charge in [-0.05, 0) is 13.8 Å². The van der Waals surface area contributed by atoms with Crippen LogP contribution in [-0.2, 0) is 22.8 Å². The molecular weight excluding hydrogens is 292 g/mol. The first kappa shape index (κ1) is 15.6. The van der Waals surface area contributed by atoms with E-state index in [4.69, 9.17) is 4.74 Å². The number of carbonyl (C=O) groups excluding carboxylic acids is 1. The molecule has 0 spiro atoms. The van der Waals surface area contributed by atoms with Gasteiger partial charge in [0.1, 0.15) is 25.2 Å². The van der Waals surface area contributed by atoms with E-state index in [2.05, 4.69) is 15.5 Å². The van der Waals surface area contributed by atoms with Gasteiger partial charge < -0.3 is 10.1 Å². The van der Waals surface area contributed by atoms with E-state index in [1.165, 1.54) is 24.0 Å². The third-order valence-corrected chi connectivity index (χ3v) is 2.77. The predicted molar refractivity (Wildman–Crippen MR) is 76.1 cm³/mol. The zero-order valence-electron chi connectivity index (χ0n) is 12.2. The zero-order chi connectivity index (χ0) is 16.1. The molecule has 0 aromatic carbocycles. The van der Waals surface area contributed by atoms with E-state index < -0.39 is 4.92 Å². The van der Waals surface area contributed by atoms with Crippen molar-refractivity contribution < 1.29 is 14.5 Å². The number of aromatic nitrogens is 4. The summed E-state index contributed by atoms with van der Waals surface area (Å²) in [6.07, 6.45) is 4.35. The lowest BCUT2D eigenvalue weighted by atomic mass is 10.4. The maximum atomic E-state index is 11.9. The maximum Gasteiger partial charge on any atom is 0.309 e. The molecule has 0 unspecified atom stereocenters. The highest BCUT2D eigenvalue weighted by atomic mass is 16.6. The number of rotatable bonds is 7. The van der Waals surface area contributed by atoms with E-state index in [1.807, 2.05) is 6.92 Å². The summed E-state index contributed by atoms with van der Waals surface area (Å²) in [4.78, 5) is 22.1. The summed E-state index contributed by atoms with van der Waals surface area (Å²) in [6, 6.07) is 0. The van der Waals surface area contributed by atoms with Crippen LogP contribution >= 0.6 is 0 Å². The highest BCUT2D eigenvalue weighted by molar-refractivity contribution is 5.90. The van der Waals surface area contributed by atoms with E-state index >= 15 is 0 Å². The summed E-state index contributed by atoms with van der Waals surface area (Å²) in [7, 11) is 0. The Balaban J connectivity index is 1.94. The molecule has 10 nitrogen and oxygen atoms in total. The Morgan fingerprint density at radius 2 is 2.23 bits per heavy atom.